The van der Waals surface area contributed by atoms with Gasteiger partial charge in [0, 0.05) is 0 Å². The van der Waals surface area contributed by atoms with Crippen LogP contribution in [0.5, 0.6) is 0 Å². The number of carbonyl (C=O) groups is 1. The van der Waals surface area contributed by atoms with Crippen molar-refractivity contribution in [3.05, 3.63) is 60.5 Å². The molecule has 3 nitrogen and oxygen atoms in total. The zero-order valence-electron chi connectivity index (χ0n) is 13.1. The number of rotatable bonds is 7. The fourth-order valence-electron chi connectivity index (χ4n) is 2.73. The molecule has 1 saturated carbocycles. The lowest BCUT2D eigenvalue weighted by molar-refractivity contribution is -0.234. The first-order valence-electron chi connectivity index (χ1n) is 7.76. The Kier molecular flexibility index (Phi) is 5.74. The molecule has 1 fully saturated rings. The zero-order chi connectivity index (χ0) is 16.0. The van der Waals surface area contributed by atoms with Gasteiger partial charge in [-0.2, -0.15) is 4.89 Å². The van der Waals surface area contributed by atoms with Crippen LogP contribution in [0.15, 0.2) is 48.8 Å². The molecule has 1 aromatic carbocycles. The highest BCUT2D eigenvalue weighted by atomic mass is 28.3. The summed E-state index contributed by atoms with van der Waals surface area (Å²) in [6.45, 7) is 10.1. The molecular formula is C18H23O3Si. The van der Waals surface area contributed by atoms with Gasteiger partial charge in [-0.1, -0.05) is 48.5 Å². The lowest BCUT2D eigenvalue weighted by Gasteiger charge is -2.23. The molecule has 0 saturated heterocycles. The highest BCUT2D eigenvalue weighted by molar-refractivity contribution is 6.99. The second-order valence-electron chi connectivity index (χ2n) is 5.58. The van der Waals surface area contributed by atoms with E-state index in [0.717, 1.165) is 37.8 Å². The molecule has 1 aliphatic carbocycles. The minimum Gasteiger partial charge on any atom is -0.292 e. The van der Waals surface area contributed by atoms with Crippen molar-refractivity contribution in [2.75, 3.05) is 0 Å². The monoisotopic (exact) mass is 315 g/mol. The van der Waals surface area contributed by atoms with E-state index < -0.39 is 14.0 Å². The van der Waals surface area contributed by atoms with Crippen LogP contribution in [0.2, 0.25) is 6.04 Å². The van der Waals surface area contributed by atoms with Crippen molar-refractivity contribution in [2.24, 2.45) is 0 Å². The topological polar surface area (TPSA) is 35.5 Å². The molecule has 4 heteroatoms. The third-order valence-corrected chi connectivity index (χ3v) is 8.40. The summed E-state index contributed by atoms with van der Waals surface area (Å²) in [6, 6.07) is 8.51. The third-order valence-electron chi connectivity index (χ3n) is 4.37. The number of hydrogen-bond donors (Lipinski definition) is 0. The predicted octanol–water partition coefficient (Wildman–Crippen LogP) is 4.01. The van der Waals surface area contributed by atoms with Crippen LogP contribution in [0, 0.1) is 6.10 Å². The second kappa shape index (κ2) is 7.56. The lowest BCUT2D eigenvalue weighted by atomic mass is 10.2. The molecule has 117 valence electrons. The van der Waals surface area contributed by atoms with Gasteiger partial charge in [0.2, 0.25) is 0 Å². The van der Waals surface area contributed by atoms with Gasteiger partial charge in [0.25, 0.3) is 0 Å². The van der Waals surface area contributed by atoms with Gasteiger partial charge in [0.1, 0.15) is 14.2 Å². The van der Waals surface area contributed by atoms with Gasteiger partial charge >= 0.3 is 5.97 Å². The Morgan fingerprint density at radius 3 is 2.27 bits per heavy atom. The van der Waals surface area contributed by atoms with Gasteiger partial charge in [-0.15, -0.1) is 13.2 Å². The molecule has 22 heavy (non-hydrogen) atoms. The Labute approximate surface area is 133 Å². The van der Waals surface area contributed by atoms with Crippen LogP contribution in [-0.2, 0) is 9.78 Å². The maximum Gasteiger partial charge on any atom is 0.373 e. The summed E-state index contributed by atoms with van der Waals surface area (Å²) in [6.07, 6.45) is 4.84. The first-order valence-corrected chi connectivity index (χ1v) is 10.1. The Bertz CT molecular complexity index is 522. The molecule has 0 heterocycles. The van der Waals surface area contributed by atoms with Crippen molar-refractivity contribution in [3.63, 3.8) is 0 Å². The van der Waals surface area contributed by atoms with Gasteiger partial charge in [-0.3, -0.25) is 4.89 Å². The smallest absolute Gasteiger partial charge is 0.292 e. The van der Waals surface area contributed by atoms with Gasteiger partial charge in [0.15, 0.2) is 0 Å². The van der Waals surface area contributed by atoms with Gasteiger partial charge in [-0.05, 0) is 31.0 Å². The Morgan fingerprint density at radius 2 is 1.77 bits per heavy atom. The van der Waals surface area contributed by atoms with Gasteiger partial charge in [0.05, 0.1) is 5.56 Å². The standard InChI is InChI=1S/C18H23O3Si/c1-4-22(5-2,6-3)17-13-11-15(12-14-17)18(19)21-20-16-9-7-8-10-16/h4-5,11-14H,1-2,6-10H2,3H3. The molecule has 1 radical (unpaired) electrons. The molecule has 1 aliphatic rings. The van der Waals surface area contributed by atoms with E-state index in [1.54, 1.807) is 12.1 Å². The number of benzene rings is 1. The van der Waals surface area contributed by atoms with Gasteiger partial charge in [-0.25, -0.2) is 4.79 Å². The SMILES string of the molecule is C=C[Si](C=C)(CC)c1ccc(C(=O)OO[C]2CCCC2)cc1. The van der Waals surface area contributed by atoms with Crippen LogP contribution >= 0.6 is 0 Å². The van der Waals surface area contributed by atoms with Crippen molar-refractivity contribution >= 4 is 19.2 Å². The van der Waals surface area contributed by atoms with E-state index in [4.69, 9.17) is 9.78 Å². The van der Waals surface area contributed by atoms with Crippen molar-refractivity contribution in [1.82, 2.24) is 0 Å². The molecule has 1 aromatic rings. The second-order valence-corrected chi connectivity index (χ2v) is 9.76. The molecule has 0 N–H and O–H groups in total. The largest absolute Gasteiger partial charge is 0.373 e. The van der Waals surface area contributed by atoms with E-state index in [2.05, 4.69) is 20.1 Å². The maximum absolute atomic E-state index is 12.0. The molecule has 0 spiro atoms. The van der Waals surface area contributed by atoms with Crippen LogP contribution < -0.4 is 5.19 Å². The third kappa shape index (κ3) is 3.57. The molecule has 0 unspecified atom stereocenters. The summed E-state index contributed by atoms with van der Waals surface area (Å²) >= 11 is 0. The summed E-state index contributed by atoms with van der Waals surface area (Å²) in [5, 5.41) is 1.20. The van der Waals surface area contributed by atoms with E-state index in [1.807, 2.05) is 23.5 Å². The molecular weight excluding hydrogens is 292 g/mol. The van der Waals surface area contributed by atoms with Crippen molar-refractivity contribution in [3.8, 4) is 0 Å². The van der Waals surface area contributed by atoms with Crippen LogP contribution in [-0.4, -0.2) is 14.0 Å². The Morgan fingerprint density at radius 1 is 1.18 bits per heavy atom. The maximum atomic E-state index is 12.0. The molecule has 0 aliphatic heterocycles. The minimum atomic E-state index is -1.85. The predicted molar refractivity (Wildman–Crippen MR) is 90.9 cm³/mol. The van der Waals surface area contributed by atoms with Crippen molar-refractivity contribution < 1.29 is 14.6 Å². The molecule has 0 atom stereocenters. The van der Waals surface area contributed by atoms with E-state index in [1.165, 1.54) is 5.19 Å². The average Bonchev–Trinajstić information content (AvgIpc) is 3.09. The highest BCUT2D eigenvalue weighted by Crippen LogP contribution is 2.28. The molecule has 0 bridgehead atoms. The average molecular weight is 315 g/mol. The number of hydrogen-bond acceptors (Lipinski definition) is 3. The zero-order valence-corrected chi connectivity index (χ0v) is 14.1. The summed E-state index contributed by atoms with van der Waals surface area (Å²) in [5.41, 5.74) is 4.54. The first kappa shape index (κ1) is 16.7. The lowest BCUT2D eigenvalue weighted by Crippen LogP contribution is -2.43. The van der Waals surface area contributed by atoms with Crippen molar-refractivity contribution in [2.45, 2.75) is 38.7 Å². The molecule has 2 rings (SSSR count). The van der Waals surface area contributed by atoms with Crippen molar-refractivity contribution in [1.29, 1.82) is 0 Å². The summed E-state index contributed by atoms with van der Waals surface area (Å²) in [7, 11) is -1.85. The Hall–Kier alpha value is -1.65. The summed E-state index contributed by atoms with van der Waals surface area (Å²) < 4.78 is 0. The van der Waals surface area contributed by atoms with E-state index in [0.29, 0.717) is 5.56 Å². The fraction of sp³-hybridized carbons (Fsp3) is 0.333. The van der Waals surface area contributed by atoms with E-state index in [-0.39, 0.29) is 0 Å². The van der Waals surface area contributed by atoms with Crippen LogP contribution in [0.4, 0.5) is 0 Å². The minimum absolute atomic E-state index is 0.452. The first-order chi connectivity index (χ1) is 10.6. The van der Waals surface area contributed by atoms with E-state index >= 15 is 0 Å². The van der Waals surface area contributed by atoms with Crippen LogP contribution in [0.25, 0.3) is 0 Å². The molecule has 0 aromatic heterocycles. The van der Waals surface area contributed by atoms with Crippen LogP contribution in [0.1, 0.15) is 43.0 Å². The van der Waals surface area contributed by atoms with Gasteiger partial charge < -0.3 is 0 Å². The van der Waals surface area contributed by atoms with Crippen LogP contribution in [0.3, 0.4) is 0 Å². The summed E-state index contributed by atoms with van der Waals surface area (Å²) in [4.78, 5) is 22.0. The quantitative estimate of drug-likeness (QED) is 0.433. The highest BCUT2D eigenvalue weighted by Gasteiger charge is 2.26. The molecule has 0 amide bonds. The Balaban J connectivity index is 2.02. The number of carbonyl (C=O) groups excluding carboxylic acids is 1. The summed E-state index contributed by atoms with van der Waals surface area (Å²) in [5.74, 6) is -0.452. The normalized spacial score (nSPS) is 15.5. The van der Waals surface area contributed by atoms with E-state index in [9.17, 15) is 4.79 Å². The fourth-order valence-corrected chi connectivity index (χ4v) is 5.14.